The highest BCUT2D eigenvalue weighted by Crippen LogP contribution is 2.25. The lowest BCUT2D eigenvalue weighted by molar-refractivity contribution is -0.146. The quantitative estimate of drug-likeness (QED) is 0.486. The Kier molecular flexibility index (Phi) is 8.51. The molecule has 2 aliphatic rings. The van der Waals surface area contributed by atoms with E-state index in [2.05, 4.69) is 0 Å². The number of ether oxygens (including phenoxy) is 2. The number of Topliss-reactive ketones (excluding diaryl/α,β-unsaturated/α-hetero) is 2. The van der Waals surface area contributed by atoms with Crippen molar-refractivity contribution in [3.05, 3.63) is 12.2 Å². The van der Waals surface area contributed by atoms with E-state index in [1.165, 1.54) is 0 Å². The summed E-state index contributed by atoms with van der Waals surface area (Å²) in [6, 6.07) is 0. The lowest BCUT2D eigenvalue weighted by Crippen LogP contribution is -2.24. The average molecular weight is 364 g/mol. The van der Waals surface area contributed by atoms with Crippen LogP contribution in [-0.2, 0) is 28.7 Å². The molecule has 0 aromatic heterocycles. The predicted octanol–water partition coefficient (Wildman–Crippen LogP) is 2.93. The number of carbonyl (C=O) groups is 4. The number of rotatable bonds is 8. The Morgan fingerprint density at radius 2 is 0.962 bits per heavy atom. The summed E-state index contributed by atoms with van der Waals surface area (Å²) >= 11 is 0. The van der Waals surface area contributed by atoms with Crippen LogP contribution in [0.4, 0.5) is 0 Å². The van der Waals surface area contributed by atoms with Crippen molar-refractivity contribution in [1.29, 1.82) is 0 Å². The molecule has 0 aromatic carbocycles. The summed E-state index contributed by atoms with van der Waals surface area (Å²) < 4.78 is 9.76. The van der Waals surface area contributed by atoms with Crippen LogP contribution in [-0.4, -0.2) is 36.7 Å². The van der Waals surface area contributed by atoms with Gasteiger partial charge in [-0.15, -0.1) is 0 Å². The van der Waals surface area contributed by atoms with Gasteiger partial charge in [0.1, 0.15) is 0 Å². The van der Waals surface area contributed by atoms with Crippen molar-refractivity contribution in [2.75, 3.05) is 13.2 Å². The maximum Gasteiger partial charge on any atom is 0.331 e. The standard InChI is InChI=1S/C20H28O6/c21-17(15-7-3-1-4-8-15)13-25-19(23)11-12-20(24)26-14-18(22)16-9-5-2-6-10-16/h11-12,15-16H,1-10,13-14H2/b12-11+. The van der Waals surface area contributed by atoms with Crippen LogP contribution >= 0.6 is 0 Å². The topological polar surface area (TPSA) is 86.7 Å². The largest absolute Gasteiger partial charge is 0.455 e. The van der Waals surface area contributed by atoms with E-state index < -0.39 is 11.9 Å². The number of carbonyl (C=O) groups excluding carboxylic acids is 4. The molecular weight excluding hydrogens is 336 g/mol. The Morgan fingerprint density at radius 3 is 1.31 bits per heavy atom. The highest BCUT2D eigenvalue weighted by Gasteiger charge is 2.23. The zero-order valence-electron chi connectivity index (χ0n) is 15.2. The van der Waals surface area contributed by atoms with Crippen molar-refractivity contribution in [1.82, 2.24) is 0 Å². The number of hydrogen-bond acceptors (Lipinski definition) is 6. The van der Waals surface area contributed by atoms with Gasteiger partial charge in [0.25, 0.3) is 0 Å². The fraction of sp³-hybridized carbons (Fsp3) is 0.700. The summed E-state index contributed by atoms with van der Waals surface area (Å²) in [5.74, 6) is -1.68. The van der Waals surface area contributed by atoms with Crippen LogP contribution in [0.2, 0.25) is 0 Å². The lowest BCUT2D eigenvalue weighted by Gasteiger charge is -2.19. The van der Waals surface area contributed by atoms with Crippen molar-refractivity contribution in [3.8, 4) is 0 Å². The summed E-state index contributed by atoms with van der Waals surface area (Å²) in [6.45, 7) is -0.522. The maximum atomic E-state index is 11.9. The van der Waals surface area contributed by atoms with Gasteiger partial charge in [-0.1, -0.05) is 38.5 Å². The van der Waals surface area contributed by atoms with E-state index in [-0.39, 0.29) is 36.6 Å². The molecule has 26 heavy (non-hydrogen) atoms. The molecule has 2 aliphatic carbocycles. The van der Waals surface area contributed by atoms with Gasteiger partial charge in [-0.05, 0) is 25.7 Å². The molecule has 0 aromatic rings. The van der Waals surface area contributed by atoms with Gasteiger partial charge < -0.3 is 9.47 Å². The number of esters is 2. The van der Waals surface area contributed by atoms with Crippen molar-refractivity contribution in [2.45, 2.75) is 64.2 Å². The molecule has 0 bridgehead atoms. The highest BCUT2D eigenvalue weighted by molar-refractivity contribution is 5.94. The summed E-state index contributed by atoms with van der Waals surface area (Å²) in [5.41, 5.74) is 0. The second-order valence-electron chi connectivity index (χ2n) is 7.15. The van der Waals surface area contributed by atoms with E-state index >= 15 is 0 Å². The minimum absolute atomic E-state index is 0.0173. The van der Waals surface area contributed by atoms with Gasteiger partial charge in [-0.3, -0.25) is 9.59 Å². The van der Waals surface area contributed by atoms with Crippen LogP contribution in [0.5, 0.6) is 0 Å². The second kappa shape index (κ2) is 10.9. The van der Waals surface area contributed by atoms with Gasteiger partial charge >= 0.3 is 11.9 Å². The molecule has 2 fully saturated rings. The minimum Gasteiger partial charge on any atom is -0.455 e. The van der Waals surface area contributed by atoms with Crippen LogP contribution in [0.1, 0.15) is 64.2 Å². The molecule has 144 valence electrons. The van der Waals surface area contributed by atoms with Gasteiger partial charge in [0.15, 0.2) is 24.8 Å². The van der Waals surface area contributed by atoms with Crippen LogP contribution < -0.4 is 0 Å². The third-order valence-electron chi connectivity index (χ3n) is 5.19. The smallest absolute Gasteiger partial charge is 0.331 e. The Labute approximate surface area is 154 Å². The third kappa shape index (κ3) is 7.10. The van der Waals surface area contributed by atoms with Crippen LogP contribution in [0.25, 0.3) is 0 Å². The van der Waals surface area contributed by atoms with Gasteiger partial charge in [-0.25, -0.2) is 9.59 Å². The molecule has 0 spiro atoms. The zero-order chi connectivity index (χ0) is 18.8. The molecule has 0 radical (unpaired) electrons. The van der Waals surface area contributed by atoms with Crippen LogP contribution in [0, 0.1) is 11.8 Å². The Balaban J connectivity index is 1.62. The predicted molar refractivity (Wildman–Crippen MR) is 94.2 cm³/mol. The SMILES string of the molecule is O=C(/C=C/C(=O)OCC(=O)C1CCCCC1)OCC(=O)C1CCCCC1. The number of ketones is 2. The Morgan fingerprint density at radius 1 is 0.615 bits per heavy atom. The molecule has 2 saturated carbocycles. The van der Waals surface area contributed by atoms with Gasteiger partial charge in [-0.2, -0.15) is 0 Å². The molecule has 0 heterocycles. The molecule has 0 aliphatic heterocycles. The van der Waals surface area contributed by atoms with E-state index in [1.807, 2.05) is 0 Å². The molecule has 6 heteroatoms. The van der Waals surface area contributed by atoms with Gasteiger partial charge in [0.05, 0.1) is 0 Å². The first-order valence-corrected chi connectivity index (χ1v) is 9.63. The summed E-state index contributed by atoms with van der Waals surface area (Å²) in [5, 5.41) is 0. The molecule has 0 atom stereocenters. The molecule has 0 unspecified atom stereocenters. The van der Waals surface area contributed by atoms with Crippen LogP contribution in [0.15, 0.2) is 12.2 Å². The normalized spacial score (nSPS) is 19.2. The molecule has 0 N–H and O–H groups in total. The molecule has 2 rings (SSSR count). The fourth-order valence-corrected chi connectivity index (χ4v) is 3.60. The third-order valence-corrected chi connectivity index (χ3v) is 5.19. The average Bonchev–Trinajstić information content (AvgIpc) is 2.69. The van der Waals surface area contributed by atoms with Gasteiger partial charge in [0.2, 0.25) is 0 Å². The van der Waals surface area contributed by atoms with Crippen molar-refractivity contribution in [3.63, 3.8) is 0 Å². The van der Waals surface area contributed by atoms with E-state index in [0.29, 0.717) is 0 Å². The zero-order valence-corrected chi connectivity index (χ0v) is 15.2. The van der Waals surface area contributed by atoms with E-state index in [4.69, 9.17) is 9.47 Å². The first-order valence-electron chi connectivity index (χ1n) is 9.63. The summed E-state index contributed by atoms with van der Waals surface area (Å²) in [4.78, 5) is 47.0. The van der Waals surface area contributed by atoms with Crippen LogP contribution in [0.3, 0.4) is 0 Å². The van der Waals surface area contributed by atoms with Crippen molar-refractivity contribution >= 4 is 23.5 Å². The first-order chi connectivity index (χ1) is 12.6. The van der Waals surface area contributed by atoms with Crippen molar-refractivity contribution < 1.29 is 28.7 Å². The van der Waals surface area contributed by atoms with E-state index in [1.54, 1.807) is 0 Å². The summed E-state index contributed by atoms with van der Waals surface area (Å²) in [7, 11) is 0. The lowest BCUT2D eigenvalue weighted by atomic mass is 9.86. The maximum absolute atomic E-state index is 11.9. The molecular formula is C20H28O6. The van der Waals surface area contributed by atoms with E-state index in [9.17, 15) is 19.2 Å². The Bertz CT molecular complexity index is 491. The number of hydrogen-bond donors (Lipinski definition) is 0. The fourth-order valence-electron chi connectivity index (χ4n) is 3.60. The molecule has 0 saturated heterocycles. The minimum atomic E-state index is -0.760. The molecule has 0 amide bonds. The van der Waals surface area contributed by atoms with E-state index in [0.717, 1.165) is 76.4 Å². The van der Waals surface area contributed by atoms with Gasteiger partial charge in [0, 0.05) is 24.0 Å². The Hall–Kier alpha value is -1.98. The first kappa shape index (κ1) is 20.3. The molecule has 6 nitrogen and oxygen atoms in total. The second-order valence-corrected chi connectivity index (χ2v) is 7.15. The summed E-state index contributed by atoms with van der Waals surface area (Å²) in [6.07, 6.45) is 11.7. The monoisotopic (exact) mass is 364 g/mol. The van der Waals surface area contributed by atoms with Crippen molar-refractivity contribution in [2.24, 2.45) is 11.8 Å². The highest BCUT2D eigenvalue weighted by atomic mass is 16.5.